The van der Waals surface area contributed by atoms with Crippen LogP contribution in [-0.2, 0) is 13.6 Å². The van der Waals surface area contributed by atoms with Crippen molar-refractivity contribution in [2.75, 3.05) is 0 Å². The Balaban J connectivity index is 1.88. The summed E-state index contributed by atoms with van der Waals surface area (Å²) in [5, 5.41) is 0.230. The quantitative estimate of drug-likeness (QED) is 0.778. The number of rotatable bonds is 4. The van der Waals surface area contributed by atoms with Gasteiger partial charge in [-0.25, -0.2) is 9.97 Å². The Hall–Kier alpha value is -1.40. The van der Waals surface area contributed by atoms with Gasteiger partial charge in [-0.05, 0) is 34.8 Å². The van der Waals surface area contributed by atoms with Crippen LogP contribution in [0.15, 0.2) is 29.1 Å². The number of pyridine rings is 1. The minimum absolute atomic E-state index is 0.0979. The van der Waals surface area contributed by atoms with E-state index in [1.165, 1.54) is 0 Å². The Labute approximate surface area is 136 Å². The summed E-state index contributed by atoms with van der Waals surface area (Å²) in [5.74, 6) is 0.758. The smallest absolute Gasteiger partial charge is 0.257 e. The molecule has 3 rings (SSSR count). The van der Waals surface area contributed by atoms with E-state index in [2.05, 4.69) is 25.9 Å². The van der Waals surface area contributed by atoms with Gasteiger partial charge in [0.05, 0.1) is 12.1 Å². The summed E-state index contributed by atoms with van der Waals surface area (Å²) in [6.45, 7) is 0.482. The topological polar surface area (TPSA) is 51.0 Å². The molecular formula is C14H14BrClN4O. The molecule has 110 valence electrons. The third-order valence-electron chi connectivity index (χ3n) is 3.52. The molecule has 0 spiro atoms. The average molecular weight is 370 g/mol. The standard InChI is InChI=1S/C14H14BrClN4O/c1-19-5-4-17-12(19)8-20(10-2-3-10)14(21)11-6-9(15)7-18-13(11)16/h4-7,10H,2-3,8H2,1H3. The Kier molecular flexibility index (Phi) is 3.99. The van der Waals surface area contributed by atoms with Crippen LogP contribution >= 0.6 is 27.5 Å². The highest BCUT2D eigenvalue weighted by Crippen LogP contribution is 2.31. The molecule has 5 nitrogen and oxygen atoms in total. The van der Waals surface area contributed by atoms with Crippen LogP contribution in [0.1, 0.15) is 29.0 Å². The summed E-state index contributed by atoms with van der Waals surface area (Å²) in [5.41, 5.74) is 0.423. The Morgan fingerprint density at radius 2 is 2.29 bits per heavy atom. The lowest BCUT2D eigenvalue weighted by Crippen LogP contribution is -2.33. The van der Waals surface area contributed by atoms with Gasteiger partial charge >= 0.3 is 0 Å². The second-order valence-corrected chi connectivity index (χ2v) is 6.38. The number of hydrogen-bond acceptors (Lipinski definition) is 3. The lowest BCUT2D eigenvalue weighted by atomic mass is 10.2. The van der Waals surface area contributed by atoms with E-state index in [4.69, 9.17) is 11.6 Å². The number of imidazole rings is 1. The molecule has 1 saturated carbocycles. The van der Waals surface area contributed by atoms with E-state index in [1.54, 1.807) is 18.5 Å². The molecule has 0 radical (unpaired) electrons. The normalized spacial score (nSPS) is 14.2. The Morgan fingerprint density at radius 3 is 2.90 bits per heavy atom. The van der Waals surface area contributed by atoms with Crippen molar-refractivity contribution in [3.05, 3.63) is 45.7 Å². The fraction of sp³-hybridized carbons (Fsp3) is 0.357. The molecule has 0 aliphatic heterocycles. The highest BCUT2D eigenvalue weighted by molar-refractivity contribution is 9.10. The van der Waals surface area contributed by atoms with Crippen molar-refractivity contribution in [2.24, 2.45) is 7.05 Å². The van der Waals surface area contributed by atoms with Crippen LogP contribution < -0.4 is 0 Å². The SMILES string of the molecule is Cn1ccnc1CN(C(=O)c1cc(Br)cnc1Cl)C1CC1. The fourth-order valence-electron chi connectivity index (χ4n) is 2.18. The summed E-state index contributed by atoms with van der Waals surface area (Å²) in [6.07, 6.45) is 7.24. The van der Waals surface area contributed by atoms with Gasteiger partial charge in [0.1, 0.15) is 11.0 Å². The molecule has 0 saturated heterocycles. The summed E-state index contributed by atoms with van der Waals surface area (Å²) < 4.78 is 2.66. The monoisotopic (exact) mass is 368 g/mol. The van der Waals surface area contributed by atoms with Gasteiger partial charge in [0, 0.05) is 36.2 Å². The molecule has 0 atom stereocenters. The second-order valence-electron chi connectivity index (χ2n) is 5.11. The number of aryl methyl sites for hydroxylation is 1. The third kappa shape index (κ3) is 3.11. The van der Waals surface area contributed by atoms with Crippen molar-refractivity contribution in [3.63, 3.8) is 0 Å². The third-order valence-corrected chi connectivity index (χ3v) is 4.25. The first kappa shape index (κ1) is 14.5. The molecule has 21 heavy (non-hydrogen) atoms. The van der Waals surface area contributed by atoms with Gasteiger partial charge in [-0.15, -0.1) is 0 Å². The largest absolute Gasteiger partial charge is 0.337 e. The molecular weight excluding hydrogens is 356 g/mol. The highest BCUT2D eigenvalue weighted by atomic mass is 79.9. The molecule has 2 aromatic rings. The molecule has 0 N–H and O–H groups in total. The van der Waals surface area contributed by atoms with Crippen LogP contribution in [-0.4, -0.2) is 31.4 Å². The number of hydrogen-bond donors (Lipinski definition) is 0. The summed E-state index contributed by atoms with van der Waals surface area (Å²) in [4.78, 5) is 22.9. The van der Waals surface area contributed by atoms with Crippen LogP contribution in [0.3, 0.4) is 0 Å². The van der Waals surface area contributed by atoms with Gasteiger partial charge in [-0.1, -0.05) is 11.6 Å². The first-order valence-corrected chi connectivity index (χ1v) is 7.81. The molecule has 1 aliphatic carbocycles. The predicted octanol–water partition coefficient (Wildman–Crippen LogP) is 3.04. The van der Waals surface area contributed by atoms with Crippen molar-refractivity contribution < 1.29 is 4.79 Å². The highest BCUT2D eigenvalue weighted by Gasteiger charge is 2.34. The van der Waals surface area contributed by atoms with Gasteiger partial charge in [0.2, 0.25) is 0 Å². The number of aromatic nitrogens is 3. The fourth-order valence-corrected chi connectivity index (χ4v) is 2.70. The number of halogens is 2. The van der Waals surface area contributed by atoms with Crippen molar-refractivity contribution in [1.29, 1.82) is 0 Å². The second kappa shape index (κ2) is 5.77. The zero-order chi connectivity index (χ0) is 15.0. The summed E-state index contributed by atoms with van der Waals surface area (Å²) in [6, 6.07) is 1.98. The van der Waals surface area contributed by atoms with Crippen molar-refractivity contribution in [1.82, 2.24) is 19.4 Å². The Morgan fingerprint density at radius 1 is 1.52 bits per heavy atom. The lowest BCUT2D eigenvalue weighted by Gasteiger charge is -2.22. The van der Waals surface area contributed by atoms with Gasteiger partial charge in [-0.3, -0.25) is 4.79 Å². The van der Waals surface area contributed by atoms with Gasteiger partial charge < -0.3 is 9.47 Å². The molecule has 2 aromatic heterocycles. The minimum atomic E-state index is -0.0979. The molecule has 1 aliphatic rings. The maximum Gasteiger partial charge on any atom is 0.257 e. The zero-order valence-electron chi connectivity index (χ0n) is 11.5. The molecule has 0 aromatic carbocycles. The van der Waals surface area contributed by atoms with E-state index >= 15 is 0 Å². The summed E-state index contributed by atoms with van der Waals surface area (Å²) >= 11 is 9.40. The van der Waals surface area contributed by atoms with Gasteiger partial charge in [-0.2, -0.15) is 0 Å². The molecule has 0 bridgehead atoms. The van der Waals surface area contributed by atoms with Crippen LogP contribution in [0.25, 0.3) is 0 Å². The molecule has 0 unspecified atom stereocenters. The van der Waals surface area contributed by atoms with Crippen molar-refractivity contribution >= 4 is 33.4 Å². The molecule has 2 heterocycles. The number of carbonyl (C=O) groups excluding carboxylic acids is 1. The van der Waals surface area contributed by atoms with Crippen LogP contribution in [0.4, 0.5) is 0 Å². The number of nitrogens with zero attached hydrogens (tertiary/aromatic N) is 4. The zero-order valence-corrected chi connectivity index (χ0v) is 13.8. The van der Waals surface area contributed by atoms with Gasteiger partial charge in [0.25, 0.3) is 5.91 Å². The average Bonchev–Trinajstić information content (AvgIpc) is 3.22. The maximum atomic E-state index is 12.8. The van der Waals surface area contributed by atoms with E-state index in [0.717, 1.165) is 23.1 Å². The predicted molar refractivity (Wildman–Crippen MR) is 83.1 cm³/mol. The maximum absolute atomic E-state index is 12.8. The molecule has 7 heteroatoms. The van der Waals surface area contributed by atoms with E-state index in [9.17, 15) is 4.79 Å². The first-order valence-electron chi connectivity index (χ1n) is 6.64. The minimum Gasteiger partial charge on any atom is -0.337 e. The lowest BCUT2D eigenvalue weighted by molar-refractivity contribution is 0.0723. The molecule has 1 amide bonds. The number of amides is 1. The number of carbonyl (C=O) groups is 1. The first-order chi connectivity index (χ1) is 10.1. The van der Waals surface area contributed by atoms with E-state index < -0.39 is 0 Å². The van der Waals surface area contributed by atoms with Crippen molar-refractivity contribution in [3.8, 4) is 0 Å². The molecule has 1 fully saturated rings. The Bertz CT molecular complexity index is 683. The van der Waals surface area contributed by atoms with E-state index in [1.807, 2.05) is 22.7 Å². The summed E-state index contributed by atoms with van der Waals surface area (Å²) in [7, 11) is 1.92. The van der Waals surface area contributed by atoms with Crippen molar-refractivity contribution in [2.45, 2.75) is 25.4 Å². The van der Waals surface area contributed by atoms with Crippen LogP contribution in [0.2, 0.25) is 5.15 Å². The van der Waals surface area contributed by atoms with E-state index in [-0.39, 0.29) is 17.1 Å². The van der Waals surface area contributed by atoms with Crippen LogP contribution in [0, 0.1) is 0 Å². The van der Waals surface area contributed by atoms with E-state index in [0.29, 0.717) is 12.1 Å². The van der Waals surface area contributed by atoms with Crippen LogP contribution in [0.5, 0.6) is 0 Å². The van der Waals surface area contributed by atoms with Gasteiger partial charge in [0.15, 0.2) is 0 Å².